The molecule has 0 unspecified atom stereocenters. The number of nitrogens with zero attached hydrogens (tertiary/aromatic N) is 2. The molecule has 0 bridgehead atoms. The van der Waals surface area contributed by atoms with E-state index < -0.39 is 16.0 Å². The molecule has 1 aliphatic rings. The number of rotatable bonds is 10. The molecule has 0 radical (unpaired) electrons. The van der Waals surface area contributed by atoms with Crippen molar-refractivity contribution in [2.24, 2.45) is 0 Å². The van der Waals surface area contributed by atoms with Crippen LogP contribution in [0, 0.1) is 0 Å². The van der Waals surface area contributed by atoms with Crippen LogP contribution in [-0.4, -0.2) is 45.6 Å². The maximum Gasteiger partial charge on any atom is 0.327 e. The molecule has 172 valence electrons. The van der Waals surface area contributed by atoms with Gasteiger partial charge in [-0.3, -0.25) is 13.9 Å². The van der Waals surface area contributed by atoms with Crippen LogP contribution in [0.25, 0.3) is 0 Å². The van der Waals surface area contributed by atoms with Gasteiger partial charge in [0.2, 0.25) is 10.0 Å². The Labute approximate surface area is 190 Å². The normalized spacial score (nSPS) is 14.3. The van der Waals surface area contributed by atoms with Crippen LogP contribution in [0.1, 0.15) is 38.2 Å². The number of ether oxygens (including phenoxy) is 1. The summed E-state index contributed by atoms with van der Waals surface area (Å²) in [7, 11) is -3.69. The van der Waals surface area contributed by atoms with E-state index >= 15 is 0 Å². The SMILES string of the molecule is CCCCS(=O)(=O)N(CC(=O)OCc1ccccc1)c1ccc(N2CCC(=O)CC2)cc1. The number of esters is 1. The monoisotopic (exact) mass is 458 g/mol. The first-order valence-electron chi connectivity index (χ1n) is 11.0. The highest BCUT2D eigenvalue weighted by Crippen LogP contribution is 2.25. The van der Waals surface area contributed by atoms with Gasteiger partial charge in [-0.25, -0.2) is 8.42 Å². The lowest BCUT2D eigenvalue weighted by molar-refractivity contribution is -0.143. The van der Waals surface area contributed by atoms with Crippen LogP contribution >= 0.6 is 0 Å². The Balaban J connectivity index is 1.73. The van der Waals surface area contributed by atoms with Crippen LogP contribution in [0.2, 0.25) is 0 Å². The van der Waals surface area contributed by atoms with Gasteiger partial charge in [-0.15, -0.1) is 0 Å². The first-order valence-corrected chi connectivity index (χ1v) is 12.6. The number of anilines is 2. The summed E-state index contributed by atoms with van der Waals surface area (Å²) in [5.74, 6) is -0.376. The van der Waals surface area contributed by atoms with Gasteiger partial charge in [0, 0.05) is 31.6 Å². The summed E-state index contributed by atoms with van der Waals surface area (Å²) in [4.78, 5) is 26.1. The average molecular weight is 459 g/mol. The second kappa shape index (κ2) is 11.1. The lowest BCUT2D eigenvalue weighted by Gasteiger charge is -2.29. The molecule has 0 amide bonds. The van der Waals surface area contributed by atoms with Crippen molar-refractivity contribution in [1.29, 1.82) is 0 Å². The van der Waals surface area contributed by atoms with Gasteiger partial charge in [-0.05, 0) is 36.2 Å². The minimum Gasteiger partial charge on any atom is -0.459 e. The molecule has 0 aliphatic carbocycles. The average Bonchev–Trinajstić information content (AvgIpc) is 2.81. The largest absolute Gasteiger partial charge is 0.459 e. The van der Waals surface area contributed by atoms with Crippen molar-refractivity contribution in [3.05, 3.63) is 60.2 Å². The van der Waals surface area contributed by atoms with Gasteiger partial charge in [0.25, 0.3) is 0 Å². The summed E-state index contributed by atoms with van der Waals surface area (Å²) in [5.41, 5.74) is 2.19. The molecular formula is C24H30N2O5S. The van der Waals surface area contributed by atoms with Crippen LogP contribution in [0.5, 0.6) is 0 Å². The van der Waals surface area contributed by atoms with Gasteiger partial charge < -0.3 is 9.64 Å². The predicted octanol–water partition coefficient (Wildman–Crippen LogP) is 3.54. The molecule has 1 saturated heterocycles. The maximum absolute atomic E-state index is 13.0. The summed E-state index contributed by atoms with van der Waals surface area (Å²) >= 11 is 0. The van der Waals surface area contributed by atoms with E-state index in [2.05, 4.69) is 4.90 Å². The highest BCUT2D eigenvalue weighted by molar-refractivity contribution is 7.92. The number of carbonyl (C=O) groups excluding carboxylic acids is 2. The van der Waals surface area contributed by atoms with Gasteiger partial charge in [-0.2, -0.15) is 0 Å². The van der Waals surface area contributed by atoms with Crippen molar-refractivity contribution in [3.63, 3.8) is 0 Å². The molecule has 0 atom stereocenters. The van der Waals surface area contributed by atoms with Crippen molar-refractivity contribution < 1.29 is 22.7 Å². The predicted molar refractivity (Wildman–Crippen MR) is 125 cm³/mol. The zero-order chi connectivity index (χ0) is 23.0. The minimum absolute atomic E-state index is 0.0363. The van der Waals surface area contributed by atoms with E-state index in [9.17, 15) is 18.0 Å². The quantitative estimate of drug-likeness (QED) is 0.507. The fourth-order valence-corrected chi connectivity index (χ4v) is 5.15. The van der Waals surface area contributed by atoms with E-state index in [-0.39, 0.29) is 24.7 Å². The molecular weight excluding hydrogens is 428 g/mol. The second-order valence-electron chi connectivity index (χ2n) is 7.86. The highest BCUT2D eigenvalue weighted by Gasteiger charge is 2.26. The van der Waals surface area contributed by atoms with Crippen LogP contribution in [0.15, 0.2) is 54.6 Å². The molecule has 2 aromatic rings. The minimum atomic E-state index is -3.69. The molecule has 8 heteroatoms. The summed E-state index contributed by atoms with van der Waals surface area (Å²) in [5, 5.41) is 0. The Hall–Kier alpha value is -2.87. The van der Waals surface area contributed by atoms with Gasteiger partial charge in [0.15, 0.2) is 0 Å². The third-order valence-electron chi connectivity index (χ3n) is 5.43. The molecule has 0 N–H and O–H groups in total. The smallest absolute Gasteiger partial charge is 0.327 e. The lowest BCUT2D eigenvalue weighted by atomic mass is 10.1. The number of carbonyl (C=O) groups is 2. The van der Waals surface area contributed by atoms with Crippen LogP contribution < -0.4 is 9.21 Å². The topological polar surface area (TPSA) is 84.0 Å². The lowest BCUT2D eigenvalue weighted by Crippen LogP contribution is -2.38. The highest BCUT2D eigenvalue weighted by atomic mass is 32.2. The number of hydrogen-bond donors (Lipinski definition) is 0. The number of unbranched alkanes of at least 4 members (excludes halogenated alkanes) is 1. The second-order valence-corrected chi connectivity index (χ2v) is 9.88. The van der Waals surface area contributed by atoms with Gasteiger partial charge in [0.1, 0.15) is 18.9 Å². The van der Waals surface area contributed by atoms with Crippen molar-refractivity contribution in [3.8, 4) is 0 Å². The van der Waals surface area contributed by atoms with E-state index in [0.717, 1.165) is 22.0 Å². The fourth-order valence-electron chi connectivity index (χ4n) is 3.53. The molecule has 32 heavy (non-hydrogen) atoms. The number of hydrogen-bond acceptors (Lipinski definition) is 6. The Kier molecular flexibility index (Phi) is 8.27. The van der Waals surface area contributed by atoms with E-state index in [4.69, 9.17) is 4.74 Å². The third kappa shape index (κ3) is 6.56. The number of sulfonamides is 1. The molecule has 0 spiro atoms. The summed E-state index contributed by atoms with van der Waals surface area (Å²) < 4.78 is 32.4. The Morgan fingerprint density at radius 2 is 1.69 bits per heavy atom. The Morgan fingerprint density at radius 1 is 1.03 bits per heavy atom. The molecule has 0 aromatic heterocycles. The number of Topliss-reactive ketones (excluding diaryl/α,β-unsaturated/α-hetero) is 1. The molecule has 1 fully saturated rings. The first kappa shape index (κ1) is 23.8. The van der Waals surface area contributed by atoms with Crippen LogP contribution in [0.4, 0.5) is 11.4 Å². The van der Waals surface area contributed by atoms with Crippen molar-refractivity contribution in [2.75, 3.05) is 34.6 Å². The summed E-state index contributed by atoms with van der Waals surface area (Å²) in [6.45, 7) is 2.95. The zero-order valence-corrected chi connectivity index (χ0v) is 19.2. The van der Waals surface area contributed by atoms with Gasteiger partial charge in [-0.1, -0.05) is 43.7 Å². The van der Waals surface area contributed by atoms with Crippen molar-refractivity contribution in [1.82, 2.24) is 0 Å². The first-order chi connectivity index (χ1) is 15.4. The van der Waals surface area contributed by atoms with Crippen molar-refractivity contribution >= 4 is 33.2 Å². The number of piperidine rings is 1. The molecule has 3 rings (SSSR count). The zero-order valence-electron chi connectivity index (χ0n) is 18.4. The Morgan fingerprint density at radius 3 is 2.31 bits per heavy atom. The van der Waals surface area contributed by atoms with Crippen LogP contribution in [-0.2, 0) is 31.0 Å². The van der Waals surface area contributed by atoms with Crippen LogP contribution in [0.3, 0.4) is 0 Å². The van der Waals surface area contributed by atoms with E-state index in [1.54, 1.807) is 12.1 Å². The summed E-state index contributed by atoms with van der Waals surface area (Å²) in [6.07, 6.45) is 2.29. The molecule has 0 saturated carbocycles. The molecule has 7 nitrogen and oxygen atoms in total. The molecule has 1 aliphatic heterocycles. The van der Waals surface area contributed by atoms with E-state index in [1.807, 2.05) is 49.4 Å². The van der Waals surface area contributed by atoms with Gasteiger partial charge >= 0.3 is 5.97 Å². The van der Waals surface area contributed by atoms with E-state index in [0.29, 0.717) is 38.0 Å². The van der Waals surface area contributed by atoms with Crippen molar-refractivity contribution in [2.45, 2.75) is 39.2 Å². The Bertz CT molecular complexity index is 996. The maximum atomic E-state index is 13.0. The third-order valence-corrected chi connectivity index (χ3v) is 7.25. The fraction of sp³-hybridized carbons (Fsp3) is 0.417. The standard InChI is InChI=1S/C24H30N2O5S/c1-2-3-17-32(29,30)26(18-24(28)31-19-20-7-5-4-6-8-20)22-11-9-21(10-12-22)25-15-13-23(27)14-16-25/h4-12H,2-3,13-19H2,1H3. The number of benzene rings is 2. The summed E-state index contributed by atoms with van der Waals surface area (Å²) in [6, 6.07) is 16.4. The van der Waals surface area contributed by atoms with Gasteiger partial charge in [0.05, 0.1) is 11.4 Å². The number of ketones is 1. The molecule has 1 heterocycles. The molecule has 2 aromatic carbocycles. The van der Waals surface area contributed by atoms with E-state index in [1.165, 1.54) is 0 Å².